The monoisotopic (exact) mass is 492 g/mol. The van der Waals surface area contributed by atoms with Gasteiger partial charge in [-0.05, 0) is 59.7 Å². The molecular formula is C24H14Cl2N4O4-2. The SMILES string of the molecule is N#Cc1ccc(C(Cl)=Cc2cccc(C=C(Cl)c3ccc(C#N)cc3N(O)O)c2)c(N([O-])[O-])c1. The highest BCUT2D eigenvalue weighted by Gasteiger charge is 2.12. The topological polar surface area (TPSA) is 141 Å². The number of nitriles is 2. The maximum Gasteiger partial charge on any atom is 0.104 e. The lowest BCUT2D eigenvalue weighted by Gasteiger charge is -2.39. The van der Waals surface area contributed by atoms with Crippen LogP contribution in [-0.2, 0) is 0 Å². The van der Waals surface area contributed by atoms with E-state index >= 15 is 0 Å². The van der Waals surface area contributed by atoms with Gasteiger partial charge in [-0.3, -0.25) is 10.4 Å². The van der Waals surface area contributed by atoms with Crippen molar-refractivity contribution in [3.05, 3.63) is 104 Å². The molecule has 170 valence electrons. The molecule has 2 N–H and O–H groups in total. The fourth-order valence-corrected chi connectivity index (χ4v) is 3.68. The molecule has 0 aliphatic carbocycles. The normalized spacial score (nSPS) is 11.5. The van der Waals surface area contributed by atoms with E-state index in [1.165, 1.54) is 36.4 Å². The Morgan fingerprint density at radius 2 is 1.24 bits per heavy atom. The molecule has 0 saturated heterocycles. The van der Waals surface area contributed by atoms with Crippen molar-refractivity contribution in [3.8, 4) is 12.1 Å². The maximum atomic E-state index is 11.4. The molecule has 0 aromatic heterocycles. The molecule has 0 fully saturated rings. The van der Waals surface area contributed by atoms with Gasteiger partial charge in [-0.25, -0.2) is 0 Å². The summed E-state index contributed by atoms with van der Waals surface area (Å²) in [5.74, 6) is 0. The van der Waals surface area contributed by atoms with E-state index in [1.54, 1.807) is 30.3 Å². The van der Waals surface area contributed by atoms with Crippen molar-refractivity contribution in [1.82, 2.24) is 0 Å². The van der Waals surface area contributed by atoms with Crippen LogP contribution in [0.1, 0.15) is 33.4 Å². The zero-order valence-electron chi connectivity index (χ0n) is 17.2. The average Bonchev–Trinajstić information content (AvgIpc) is 2.83. The van der Waals surface area contributed by atoms with Gasteiger partial charge in [0.15, 0.2) is 0 Å². The van der Waals surface area contributed by atoms with E-state index in [0.29, 0.717) is 11.1 Å². The number of hydrogen-bond donors (Lipinski definition) is 2. The van der Waals surface area contributed by atoms with Crippen LogP contribution in [0.3, 0.4) is 0 Å². The lowest BCUT2D eigenvalue weighted by atomic mass is 10.0. The average molecular weight is 493 g/mol. The molecule has 0 unspecified atom stereocenters. The minimum Gasteiger partial charge on any atom is -0.769 e. The molecule has 0 amide bonds. The van der Waals surface area contributed by atoms with Crippen molar-refractivity contribution in [2.75, 3.05) is 10.5 Å². The van der Waals surface area contributed by atoms with Gasteiger partial charge in [-0.2, -0.15) is 10.5 Å². The van der Waals surface area contributed by atoms with E-state index in [2.05, 4.69) is 0 Å². The number of rotatable bonds is 6. The first-order chi connectivity index (χ1) is 16.2. The third kappa shape index (κ3) is 5.73. The second kappa shape index (κ2) is 10.8. The van der Waals surface area contributed by atoms with Gasteiger partial charge in [0.1, 0.15) is 5.69 Å². The van der Waals surface area contributed by atoms with Crippen LogP contribution in [-0.4, -0.2) is 10.4 Å². The predicted molar refractivity (Wildman–Crippen MR) is 131 cm³/mol. The third-order valence-electron chi connectivity index (χ3n) is 4.68. The van der Waals surface area contributed by atoms with E-state index in [9.17, 15) is 20.8 Å². The fraction of sp³-hybridized carbons (Fsp3) is 0. The summed E-state index contributed by atoms with van der Waals surface area (Å²) >= 11 is 12.8. The zero-order chi connectivity index (χ0) is 24.8. The van der Waals surface area contributed by atoms with Crippen LogP contribution < -0.4 is 10.5 Å². The highest BCUT2D eigenvalue weighted by atomic mass is 35.5. The van der Waals surface area contributed by atoms with Crippen molar-refractivity contribution >= 4 is 56.8 Å². The van der Waals surface area contributed by atoms with Gasteiger partial charge in [0.2, 0.25) is 0 Å². The Morgan fingerprint density at radius 3 is 1.68 bits per heavy atom. The molecule has 0 saturated carbocycles. The Bertz CT molecular complexity index is 1270. The first kappa shape index (κ1) is 24.8. The Morgan fingerprint density at radius 1 is 0.765 bits per heavy atom. The van der Waals surface area contributed by atoms with E-state index in [-0.39, 0.29) is 48.9 Å². The minimum absolute atomic E-state index is 0.0764. The van der Waals surface area contributed by atoms with E-state index in [1.807, 2.05) is 12.1 Å². The van der Waals surface area contributed by atoms with Crippen LogP contribution in [0.4, 0.5) is 11.4 Å². The second-order valence-corrected chi connectivity index (χ2v) is 7.70. The van der Waals surface area contributed by atoms with Crippen LogP contribution in [0.5, 0.6) is 0 Å². The number of halogens is 2. The summed E-state index contributed by atoms with van der Waals surface area (Å²) in [6, 6.07) is 19.0. The molecule has 34 heavy (non-hydrogen) atoms. The highest BCUT2D eigenvalue weighted by Crippen LogP contribution is 2.33. The van der Waals surface area contributed by atoms with Gasteiger partial charge >= 0.3 is 0 Å². The molecule has 3 rings (SSSR count). The van der Waals surface area contributed by atoms with Crippen LogP contribution in [0.2, 0.25) is 0 Å². The summed E-state index contributed by atoms with van der Waals surface area (Å²) < 4.78 is 0. The van der Waals surface area contributed by atoms with Crippen molar-refractivity contribution in [3.63, 3.8) is 0 Å². The lowest BCUT2D eigenvalue weighted by Crippen LogP contribution is -2.13. The summed E-state index contributed by atoms with van der Waals surface area (Å²) in [5, 5.41) is 59.3. The van der Waals surface area contributed by atoms with Gasteiger partial charge < -0.3 is 15.6 Å². The molecule has 0 radical (unpaired) electrons. The lowest BCUT2D eigenvalue weighted by molar-refractivity contribution is 0.0290. The van der Waals surface area contributed by atoms with Gasteiger partial charge in [-0.15, -0.1) is 5.23 Å². The number of benzene rings is 3. The Labute approximate surface area is 204 Å². The minimum atomic E-state index is -0.605. The molecule has 0 aliphatic heterocycles. The Hall–Kier alpha value is -3.86. The maximum absolute atomic E-state index is 11.4. The molecule has 3 aromatic rings. The predicted octanol–water partition coefficient (Wildman–Crippen LogP) is 6.29. The molecule has 0 spiro atoms. The first-order valence-electron chi connectivity index (χ1n) is 9.49. The smallest absolute Gasteiger partial charge is 0.104 e. The van der Waals surface area contributed by atoms with Crippen molar-refractivity contribution in [2.24, 2.45) is 0 Å². The zero-order valence-corrected chi connectivity index (χ0v) is 18.7. The second-order valence-electron chi connectivity index (χ2n) is 6.89. The number of anilines is 2. The van der Waals surface area contributed by atoms with Crippen LogP contribution in [0.15, 0.2) is 60.7 Å². The summed E-state index contributed by atoms with van der Waals surface area (Å²) in [4.78, 5) is 0. The molecule has 3 aromatic carbocycles. The number of nitrogens with zero attached hydrogens (tertiary/aromatic N) is 4. The van der Waals surface area contributed by atoms with E-state index in [4.69, 9.17) is 33.7 Å². The van der Waals surface area contributed by atoms with Crippen LogP contribution in [0.25, 0.3) is 22.2 Å². The molecule has 0 atom stereocenters. The first-order valence-corrected chi connectivity index (χ1v) is 10.2. The van der Waals surface area contributed by atoms with E-state index in [0.717, 1.165) is 6.07 Å². The van der Waals surface area contributed by atoms with E-state index < -0.39 is 5.23 Å². The molecule has 0 bridgehead atoms. The largest absolute Gasteiger partial charge is 0.769 e. The standard InChI is InChI=1S/C24H14Cl2N4O4/c25-21(19-6-4-17(13-27)11-23(19)29(31)32)9-15-2-1-3-16(8-15)10-22(26)20-7-5-18(14-28)12-24(20)30(33)34/h1-12,31-32H/q-2. The van der Waals surface area contributed by atoms with Gasteiger partial charge in [0.05, 0.1) is 33.3 Å². The molecule has 0 aliphatic rings. The molecular weight excluding hydrogens is 479 g/mol. The van der Waals surface area contributed by atoms with Crippen molar-refractivity contribution < 1.29 is 10.4 Å². The Kier molecular flexibility index (Phi) is 7.90. The van der Waals surface area contributed by atoms with Crippen LogP contribution >= 0.6 is 23.2 Å². The van der Waals surface area contributed by atoms with Gasteiger partial charge in [-0.1, -0.05) is 47.5 Å². The molecule has 10 heteroatoms. The fourth-order valence-electron chi connectivity index (χ4n) is 3.11. The van der Waals surface area contributed by atoms with Crippen LogP contribution in [0, 0.1) is 33.1 Å². The molecule has 0 heterocycles. The third-order valence-corrected chi connectivity index (χ3v) is 5.30. The number of hydrogen-bond acceptors (Lipinski definition) is 8. The Balaban J connectivity index is 1.98. The summed E-state index contributed by atoms with van der Waals surface area (Å²) in [6.07, 6.45) is 3.11. The van der Waals surface area contributed by atoms with Crippen molar-refractivity contribution in [2.45, 2.75) is 0 Å². The molecule has 8 nitrogen and oxygen atoms in total. The highest BCUT2D eigenvalue weighted by molar-refractivity contribution is 6.52. The summed E-state index contributed by atoms with van der Waals surface area (Å²) in [6.45, 7) is 0. The summed E-state index contributed by atoms with van der Waals surface area (Å²) in [7, 11) is 0. The summed E-state index contributed by atoms with van der Waals surface area (Å²) in [5.41, 5.74) is 1.69. The van der Waals surface area contributed by atoms with Gasteiger partial charge in [0.25, 0.3) is 0 Å². The van der Waals surface area contributed by atoms with Crippen molar-refractivity contribution in [1.29, 1.82) is 10.5 Å². The van der Waals surface area contributed by atoms with Gasteiger partial charge in [0, 0.05) is 16.8 Å². The quantitative estimate of drug-likeness (QED) is 0.302.